The van der Waals surface area contributed by atoms with E-state index in [1.807, 2.05) is 0 Å². The minimum Gasteiger partial charge on any atom is -0.462 e. The Bertz CT molecular complexity index is 1500. The predicted molar refractivity (Wildman–Crippen MR) is 358 cm³/mol. The Kier molecular flexibility index (Phi) is 67.6. The van der Waals surface area contributed by atoms with Gasteiger partial charge in [-0.05, 0) is 89.9 Å². The largest absolute Gasteiger partial charge is 0.462 e. The standard InChI is InChI=1S/C76H136O6/c1-4-7-10-13-16-19-22-25-27-29-30-31-32-33-34-35-36-37-38-39-40-41-42-43-44-45-46-47-49-51-54-57-60-63-66-69-75(78)81-72-73(71-80-74(77)68-65-62-59-56-53-50-24-21-18-15-12-9-6-3)82-76(79)70-67-64-61-58-55-52-48-28-26-23-20-17-14-11-8-5-2/h7,10,16,19,25,27-28,30-31,33-34,48,73H,4-6,8-9,11-15,17-18,20-24,26,29,32,35-47,49-72H2,1-3H3/b10-7-,19-16-,27-25-,31-30-,34-33-,48-28-. The Morgan fingerprint density at radius 3 is 0.756 bits per heavy atom. The van der Waals surface area contributed by atoms with E-state index in [-0.39, 0.29) is 31.1 Å². The maximum absolute atomic E-state index is 12.9. The highest BCUT2D eigenvalue weighted by Crippen LogP contribution is 2.18. The molecule has 0 aliphatic heterocycles. The third-order valence-electron chi connectivity index (χ3n) is 15.9. The Balaban J connectivity index is 4.11. The van der Waals surface area contributed by atoms with Crippen molar-refractivity contribution in [2.75, 3.05) is 13.2 Å². The van der Waals surface area contributed by atoms with Crippen LogP contribution in [-0.2, 0) is 28.6 Å². The van der Waals surface area contributed by atoms with Crippen molar-refractivity contribution in [2.45, 2.75) is 380 Å². The first-order valence-corrected chi connectivity index (χ1v) is 35.9. The molecule has 6 nitrogen and oxygen atoms in total. The molecule has 0 heterocycles. The Labute approximate surface area is 510 Å². The second kappa shape index (κ2) is 70.3. The molecule has 476 valence electrons. The van der Waals surface area contributed by atoms with E-state index in [0.29, 0.717) is 19.3 Å². The molecule has 0 saturated heterocycles. The summed E-state index contributed by atoms with van der Waals surface area (Å²) in [5.74, 6) is -0.856. The Morgan fingerprint density at radius 2 is 0.476 bits per heavy atom. The van der Waals surface area contributed by atoms with Gasteiger partial charge in [0.2, 0.25) is 0 Å². The topological polar surface area (TPSA) is 78.9 Å². The molecule has 0 aromatic heterocycles. The number of unbranched alkanes of at least 4 members (excludes halogenated alkanes) is 43. The highest BCUT2D eigenvalue weighted by molar-refractivity contribution is 5.71. The third kappa shape index (κ3) is 67.6. The van der Waals surface area contributed by atoms with Gasteiger partial charge in [-0.25, -0.2) is 0 Å². The Morgan fingerprint density at radius 1 is 0.256 bits per heavy atom. The summed E-state index contributed by atoms with van der Waals surface area (Å²) < 4.78 is 17.0. The fourth-order valence-corrected chi connectivity index (χ4v) is 10.6. The summed E-state index contributed by atoms with van der Waals surface area (Å²) in [5.41, 5.74) is 0. The van der Waals surface area contributed by atoms with E-state index in [1.54, 1.807) is 0 Å². The van der Waals surface area contributed by atoms with E-state index >= 15 is 0 Å². The van der Waals surface area contributed by atoms with Crippen LogP contribution in [0.15, 0.2) is 72.9 Å². The van der Waals surface area contributed by atoms with Crippen LogP contribution in [0.1, 0.15) is 374 Å². The van der Waals surface area contributed by atoms with Crippen molar-refractivity contribution in [3.8, 4) is 0 Å². The molecular formula is C76H136O6. The van der Waals surface area contributed by atoms with Crippen LogP contribution in [0.2, 0.25) is 0 Å². The zero-order valence-electron chi connectivity index (χ0n) is 54.8. The van der Waals surface area contributed by atoms with Gasteiger partial charge in [0.05, 0.1) is 0 Å². The summed E-state index contributed by atoms with van der Waals surface area (Å²) in [6.45, 7) is 6.57. The fourth-order valence-electron chi connectivity index (χ4n) is 10.6. The van der Waals surface area contributed by atoms with Gasteiger partial charge in [-0.1, -0.05) is 338 Å². The van der Waals surface area contributed by atoms with Crippen LogP contribution in [0.4, 0.5) is 0 Å². The first-order chi connectivity index (χ1) is 40.5. The molecule has 0 N–H and O–H groups in total. The molecule has 0 aromatic rings. The van der Waals surface area contributed by atoms with E-state index in [1.165, 1.54) is 238 Å². The lowest BCUT2D eigenvalue weighted by molar-refractivity contribution is -0.167. The molecular weight excluding hydrogens is 1010 g/mol. The lowest BCUT2D eigenvalue weighted by Crippen LogP contribution is -2.30. The summed E-state index contributed by atoms with van der Waals surface area (Å²) in [5, 5.41) is 0. The van der Waals surface area contributed by atoms with Crippen LogP contribution < -0.4 is 0 Å². The maximum Gasteiger partial charge on any atom is 0.306 e. The van der Waals surface area contributed by atoms with Gasteiger partial charge in [0, 0.05) is 19.3 Å². The van der Waals surface area contributed by atoms with Crippen molar-refractivity contribution < 1.29 is 28.6 Å². The molecule has 82 heavy (non-hydrogen) atoms. The van der Waals surface area contributed by atoms with Gasteiger partial charge < -0.3 is 14.2 Å². The van der Waals surface area contributed by atoms with Crippen LogP contribution in [0, 0.1) is 0 Å². The normalized spacial score (nSPS) is 12.5. The molecule has 0 aromatic carbocycles. The van der Waals surface area contributed by atoms with Gasteiger partial charge in [0.1, 0.15) is 13.2 Å². The van der Waals surface area contributed by atoms with Gasteiger partial charge >= 0.3 is 17.9 Å². The lowest BCUT2D eigenvalue weighted by Gasteiger charge is -2.18. The van der Waals surface area contributed by atoms with Crippen LogP contribution in [0.25, 0.3) is 0 Å². The second-order valence-electron chi connectivity index (χ2n) is 24.1. The summed E-state index contributed by atoms with van der Waals surface area (Å²) in [4.78, 5) is 38.4. The van der Waals surface area contributed by atoms with Gasteiger partial charge in [0.25, 0.3) is 0 Å². The van der Waals surface area contributed by atoms with Crippen molar-refractivity contribution >= 4 is 17.9 Å². The number of carbonyl (C=O) groups is 3. The molecule has 0 rings (SSSR count). The molecule has 0 bridgehead atoms. The predicted octanol–water partition coefficient (Wildman–Crippen LogP) is 24.8. The van der Waals surface area contributed by atoms with Gasteiger partial charge in [-0.15, -0.1) is 0 Å². The van der Waals surface area contributed by atoms with Gasteiger partial charge in [-0.3, -0.25) is 14.4 Å². The van der Waals surface area contributed by atoms with E-state index in [2.05, 4.69) is 93.7 Å². The molecule has 6 heteroatoms. The smallest absolute Gasteiger partial charge is 0.306 e. The fraction of sp³-hybridized carbons (Fsp3) is 0.803. The molecule has 0 aliphatic carbocycles. The van der Waals surface area contributed by atoms with Crippen LogP contribution in [-0.4, -0.2) is 37.2 Å². The monoisotopic (exact) mass is 1150 g/mol. The van der Waals surface area contributed by atoms with Gasteiger partial charge in [-0.2, -0.15) is 0 Å². The number of hydrogen-bond acceptors (Lipinski definition) is 6. The van der Waals surface area contributed by atoms with Crippen LogP contribution in [0.3, 0.4) is 0 Å². The average Bonchev–Trinajstić information content (AvgIpc) is 3.47. The summed E-state index contributed by atoms with van der Waals surface area (Å²) in [7, 11) is 0. The van der Waals surface area contributed by atoms with Crippen molar-refractivity contribution in [3.63, 3.8) is 0 Å². The minimum absolute atomic E-state index is 0.0717. The zero-order valence-corrected chi connectivity index (χ0v) is 54.8. The van der Waals surface area contributed by atoms with E-state index in [9.17, 15) is 14.4 Å². The van der Waals surface area contributed by atoms with Crippen LogP contribution in [0.5, 0.6) is 0 Å². The molecule has 0 fully saturated rings. The molecule has 0 radical (unpaired) electrons. The first kappa shape index (κ1) is 78.8. The highest BCUT2D eigenvalue weighted by Gasteiger charge is 2.19. The second-order valence-corrected chi connectivity index (χ2v) is 24.1. The number of rotatable bonds is 66. The number of hydrogen-bond donors (Lipinski definition) is 0. The van der Waals surface area contributed by atoms with Crippen molar-refractivity contribution in [3.05, 3.63) is 72.9 Å². The number of carbonyl (C=O) groups excluding carboxylic acids is 3. The average molecular weight is 1150 g/mol. The molecule has 0 saturated carbocycles. The van der Waals surface area contributed by atoms with E-state index < -0.39 is 6.10 Å². The minimum atomic E-state index is -0.776. The molecule has 1 unspecified atom stereocenters. The van der Waals surface area contributed by atoms with Gasteiger partial charge in [0.15, 0.2) is 6.10 Å². The summed E-state index contributed by atoms with van der Waals surface area (Å²) >= 11 is 0. The SMILES string of the molecule is CC/C=C\C/C=C\C/C=C\C/C=C\C/C=C\CCCCCCCCCCCCCCCCCCCCCC(=O)OCC(COC(=O)CCCCCCCCCCCCCCC)OC(=O)CCCCCCC/C=C\CCCCCCCCC. The number of esters is 3. The molecule has 0 aliphatic rings. The Hall–Kier alpha value is -3.15. The summed E-state index contributed by atoms with van der Waals surface area (Å²) in [6, 6.07) is 0. The highest BCUT2D eigenvalue weighted by atomic mass is 16.6. The molecule has 0 spiro atoms. The quantitative estimate of drug-likeness (QED) is 0.0261. The summed E-state index contributed by atoms with van der Waals surface area (Å²) in [6.07, 6.45) is 92.3. The van der Waals surface area contributed by atoms with E-state index in [0.717, 1.165) is 96.3 Å². The zero-order chi connectivity index (χ0) is 59.2. The lowest BCUT2D eigenvalue weighted by atomic mass is 10.0. The number of ether oxygens (including phenoxy) is 3. The molecule has 1 atom stereocenters. The van der Waals surface area contributed by atoms with E-state index in [4.69, 9.17) is 14.2 Å². The van der Waals surface area contributed by atoms with Crippen LogP contribution >= 0.6 is 0 Å². The first-order valence-electron chi connectivity index (χ1n) is 35.9. The molecule has 0 amide bonds. The number of allylic oxidation sites excluding steroid dienone is 12. The van der Waals surface area contributed by atoms with Crippen molar-refractivity contribution in [2.24, 2.45) is 0 Å². The van der Waals surface area contributed by atoms with Crippen molar-refractivity contribution in [1.29, 1.82) is 0 Å². The third-order valence-corrected chi connectivity index (χ3v) is 15.9. The van der Waals surface area contributed by atoms with Crippen molar-refractivity contribution in [1.82, 2.24) is 0 Å². The maximum atomic E-state index is 12.9.